The smallest absolute Gasteiger partial charge is 0.128 e. The molecule has 0 saturated carbocycles. The molecule has 3 rings (SSSR count). The molecule has 0 spiro atoms. The molecule has 0 amide bonds. The molecule has 2 aromatic rings. The van der Waals surface area contributed by atoms with Gasteiger partial charge in [0.05, 0.1) is 12.8 Å². The fourth-order valence-electron chi connectivity index (χ4n) is 2.58. The molecule has 1 N–H and O–H groups in total. The summed E-state index contributed by atoms with van der Waals surface area (Å²) in [4.78, 5) is 0. The van der Waals surface area contributed by atoms with E-state index < -0.39 is 6.10 Å². The molecule has 0 saturated heterocycles. The minimum absolute atomic E-state index is 0.679. The molecule has 1 aromatic heterocycles. The zero-order valence-electron chi connectivity index (χ0n) is 11.3. The molecule has 2 heterocycles. The highest BCUT2D eigenvalue weighted by Gasteiger charge is 2.23. The summed E-state index contributed by atoms with van der Waals surface area (Å²) in [6, 6.07) is 5.99. The quantitative estimate of drug-likeness (QED) is 0.897. The van der Waals surface area contributed by atoms with Gasteiger partial charge in [0.25, 0.3) is 0 Å². The summed E-state index contributed by atoms with van der Waals surface area (Å²) in [7, 11) is 1.88. The molecule has 0 fully saturated rings. The summed E-state index contributed by atoms with van der Waals surface area (Å²) in [5, 5.41) is 14.8. The molecule has 0 aliphatic carbocycles. The zero-order chi connectivity index (χ0) is 13.4. The molecule has 1 aliphatic heterocycles. The molecule has 1 atom stereocenters. The third kappa shape index (κ3) is 2.02. The van der Waals surface area contributed by atoms with Crippen molar-refractivity contribution in [3.63, 3.8) is 0 Å². The van der Waals surface area contributed by atoms with Crippen LogP contribution in [0.4, 0.5) is 0 Å². The number of para-hydroxylation sites is 1. The maximum absolute atomic E-state index is 10.6. The number of ether oxygens (including phenoxy) is 1. The van der Waals surface area contributed by atoms with Gasteiger partial charge in [-0.25, -0.2) is 0 Å². The summed E-state index contributed by atoms with van der Waals surface area (Å²) in [5.74, 6) is 0.851. The Morgan fingerprint density at radius 2 is 2.21 bits per heavy atom. The van der Waals surface area contributed by atoms with Crippen molar-refractivity contribution in [3.8, 4) is 5.75 Å². The van der Waals surface area contributed by atoms with Crippen molar-refractivity contribution < 1.29 is 9.84 Å². The predicted molar refractivity (Wildman–Crippen MR) is 72.3 cm³/mol. The number of aromatic nitrogens is 2. The number of aliphatic hydroxyl groups is 1. The first-order valence-corrected chi connectivity index (χ1v) is 6.59. The molecule has 19 heavy (non-hydrogen) atoms. The molecule has 0 bridgehead atoms. The lowest BCUT2D eigenvalue weighted by atomic mass is 9.96. The van der Waals surface area contributed by atoms with Crippen molar-refractivity contribution in [2.75, 3.05) is 6.61 Å². The van der Waals surface area contributed by atoms with Gasteiger partial charge >= 0.3 is 0 Å². The highest BCUT2D eigenvalue weighted by Crippen LogP contribution is 2.36. The number of hydrogen-bond acceptors (Lipinski definition) is 3. The van der Waals surface area contributed by atoms with E-state index >= 15 is 0 Å². The molecule has 4 heteroatoms. The minimum atomic E-state index is -0.679. The molecule has 1 aliphatic rings. The van der Waals surface area contributed by atoms with Crippen LogP contribution in [-0.2, 0) is 13.5 Å². The molecule has 0 radical (unpaired) electrons. The van der Waals surface area contributed by atoms with Gasteiger partial charge in [-0.2, -0.15) is 5.10 Å². The maximum Gasteiger partial charge on any atom is 0.128 e. The monoisotopic (exact) mass is 258 g/mol. The van der Waals surface area contributed by atoms with Crippen molar-refractivity contribution in [1.29, 1.82) is 0 Å². The van der Waals surface area contributed by atoms with Gasteiger partial charge in [0.1, 0.15) is 11.9 Å². The molecular weight excluding hydrogens is 240 g/mol. The Bertz CT molecular complexity index is 604. The van der Waals surface area contributed by atoms with Gasteiger partial charge in [0.15, 0.2) is 0 Å². The third-order valence-electron chi connectivity index (χ3n) is 3.83. The van der Waals surface area contributed by atoms with Crippen LogP contribution in [0.1, 0.15) is 34.9 Å². The predicted octanol–water partition coefficient (Wildman–Crippen LogP) is 2.14. The molecule has 1 unspecified atom stereocenters. The fraction of sp³-hybridized carbons (Fsp3) is 0.400. The molecular formula is C15H18N2O2. The topological polar surface area (TPSA) is 47.3 Å². The third-order valence-corrected chi connectivity index (χ3v) is 3.83. The van der Waals surface area contributed by atoms with Crippen LogP contribution in [0.5, 0.6) is 5.75 Å². The van der Waals surface area contributed by atoms with Crippen LogP contribution >= 0.6 is 0 Å². The van der Waals surface area contributed by atoms with Crippen LogP contribution in [0.25, 0.3) is 0 Å². The zero-order valence-corrected chi connectivity index (χ0v) is 11.3. The van der Waals surface area contributed by atoms with E-state index in [1.807, 2.05) is 26.1 Å². The van der Waals surface area contributed by atoms with Gasteiger partial charge in [-0.3, -0.25) is 4.68 Å². The van der Waals surface area contributed by atoms with Crippen LogP contribution in [-0.4, -0.2) is 21.5 Å². The molecule has 4 nitrogen and oxygen atoms in total. The van der Waals surface area contributed by atoms with Gasteiger partial charge in [-0.15, -0.1) is 0 Å². The lowest BCUT2D eigenvalue weighted by Crippen LogP contribution is -2.13. The van der Waals surface area contributed by atoms with Crippen LogP contribution in [0.15, 0.2) is 24.4 Å². The van der Waals surface area contributed by atoms with E-state index in [-0.39, 0.29) is 0 Å². The largest absolute Gasteiger partial charge is 0.493 e. The van der Waals surface area contributed by atoms with E-state index in [1.165, 1.54) is 5.56 Å². The Kier molecular flexibility index (Phi) is 3.03. The first-order valence-electron chi connectivity index (χ1n) is 6.59. The second kappa shape index (κ2) is 4.70. The fourth-order valence-corrected chi connectivity index (χ4v) is 2.58. The number of benzene rings is 1. The van der Waals surface area contributed by atoms with Crippen molar-refractivity contribution in [3.05, 3.63) is 46.8 Å². The summed E-state index contributed by atoms with van der Waals surface area (Å²) in [6.07, 6.45) is 3.10. The first kappa shape index (κ1) is 12.2. The van der Waals surface area contributed by atoms with Gasteiger partial charge in [0.2, 0.25) is 0 Å². The van der Waals surface area contributed by atoms with Crippen LogP contribution in [0.3, 0.4) is 0 Å². The number of aryl methyl sites for hydroxylation is 2. The number of rotatable bonds is 2. The Balaban J connectivity index is 2.05. The van der Waals surface area contributed by atoms with Gasteiger partial charge in [0, 0.05) is 23.9 Å². The summed E-state index contributed by atoms with van der Waals surface area (Å²) < 4.78 is 7.53. The van der Waals surface area contributed by atoms with E-state index in [0.717, 1.165) is 42.0 Å². The van der Waals surface area contributed by atoms with Crippen molar-refractivity contribution in [1.82, 2.24) is 9.78 Å². The second-order valence-electron chi connectivity index (χ2n) is 5.00. The maximum atomic E-state index is 10.6. The van der Waals surface area contributed by atoms with Crippen molar-refractivity contribution in [2.24, 2.45) is 7.05 Å². The Hall–Kier alpha value is -1.81. The average molecular weight is 258 g/mol. The van der Waals surface area contributed by atoms with E-state index in [0.29, 0.717) is 0 Å². The second-order valence-corrected chi connectivity index (χ2v) is 5.00. The van der Waals surface area contributed by atoms with Crippen LogP contribution < -0.4 is 4.74 Å². The van der Waals surface area contributed by atoms with Crippen molar-refractivity contribution >= 4 is 0 Å². The van der Waals surface area contributed by atoms with E-state index in [2.05, 4.69) is 11.2 Å². The Morgan fingerprint density at radius 3 is 2.95 bits per heavy atom. The lowest BCUT2D eigenvalue weighted by molar-refractivity contribution is 0.206. The average Bonchev–Trinajstić information content (AvgIpc) is 2.78. The van der Waals surface area contributed by atoms with Crippen LogP contribution in [0.2, 0.25) is 0 Å². The van der Waals surface area contributed by atoms with E-state index in [4.69, 9.17) is 4.74 Å². The molecule has 1 aromatic carbocycles. The van der Waals surface area contributed by atoms with Gasteiger partial charge < -0.3 is 9.84 Å². The number of nitrogens with zero attached hydrogens (tertiary/aromatic N) is 2. The Labute approximate surface area is 112 Å². The van der Waals surface area contributed by atoms with E-state index in [9.17, 15) is 5.11 Å². The lowest BCUT2D eigenvalue weighted by Gasteiger charge is -2.22. The first-order chi connectivity index (χ1) is 9.18. The van der Waals surface area contributed by atoms with Crippen molar-refractivity contribution in [2.45, 2.75) is 25.9 Å². The normalized spacial score (nSPS) is 15.7. The highest BCUT2D eigenvalue weighted by atomic mass is 16.5. The number of hydrogen-bond donors (Lipinski definition) is 1. The van der Waals surface area contributed by atoms with Gasteiger partial charge in [-0.05, 0) is 25.3 Å². The molecule has 100 valence electrons. The standard InChI is InChI=1S/C15H18N2O2/c1-10-13(9-16-17(10)2)14(18)12-7-3-5-11-6-4-8-19-15(11)12/h3,5,7,9,14,18H,4,6,8H2,1-2H3. The summed E-state index contributed by atoms with van der Waals surface area (Å²) in [5.41, 5.74) is 3.84. The van der Waals surface area contributed by atoms with E-state index in [1.54, 1.807) is 10.9 Å². The number of fused-ring (bicyclic) bond motifs is 1. The SMILES string of the molecule is Cc1c(C(O)c2cccc3c2OCCC3)cnn1C. The summed E-state index contributed by atoms with van der Waals surface area (Å²) in [6.45, 7) is 2.69. The van der Waals surface area contributed by atoms with Gasteiger partial charge in [-0.1, -0.05) is 18.2 Å². The number of aliphatic hydroxyl groups excluding tert-OH is 1. The summed E-state index contributed by atoms with van der Waals surface area (Å²) >= 11 is 0. The highest BCUT2D eigenvalue weighted by molar-refractivity contribution is 5.47. The van der Waals surface area contributed by atoms with Crippen LogP contribution in [0, 0.1) is 6.92 Å². The minimum Gasteiger partial charge on any atom is -0.493 e. The Morgan fingerprint density at radius 1 is 1.37 bits per heavy atom.